The Labute approximate surface area is 113 Å². The molecule has 1 amide bonds. The highest BCUT2D eigenvalue weighted by Gasteiger charge is 2.11. The molecule has 1 aromatic rings. The van der Waals surface area contributed by atoms with Gasteiger partial charge in [-0.25, -0.2) is 18.4 Å². The Morgan fingerprint density at radius 1 is 1.42 bits per heavy atom. The number of benzene rings is 1. The van der Waals surface area contributed by atoms with Gasteiger partial charge in [0.2, 0.25) is 10.0 Å². The topological polar surface area (TPSA) is 98.5 Å². The zero-order valence-corrected chi connectivity index (χ0v) is 12.0. The van der Waals surface area contributed by atoms with Gasteiger partial charge in [0, 0.05) is 5.69 Å². The predicted octanol–water partition coefficient (Wildman–Crippen LogP) is 1.85. The number of nitrogens with two attached hydrogens (primary N) is 1. The van der Waals surface area contributed by atoms with Crippen LogP contribution < -0.4 is 10.5 Å². The number of carbonyl (C=O) groups is 1. The summed E-state index contributed by atoms with van der Waals surface area (Å²) in [6, 6.07) is 4.21. The maximum atomic E-state index is 11.5. The summed E-state index contributed by atoms with van der Waals surface area (Å²) in [5.74, 6) is 0.247. The SMILES string of the molecule is Cc1cc(S(N)(=O)=O)ccc1NC(=O)OCC(C)C. The molecule has 3 N–H and O–H groups in total. The van der Waals surface area contributed by atoms with E-state index in [9.17, 15) is 13.2 Å². The molecule has 0 unspecified atom stereocenters. The van der Waals surface area contributed by atoms with Gasteiger partial charge in [0.1, 0.15) is 0 Å². The molecule has 0 saturated carbocycles. The van der Waals surface area contributed by atoms with Crippen molar-refractivity contribution < 1.29 is 17.9 Å². The van der Waals surface area contributed by atoms with Gasteiger partial charge >= 0.3 is 6.09 Å². The van der Waals surface area contributed by atoms with Crippen molar-refractivity contribution in [1.82, 2.24) is 0 Å². The van der Waals surface area contributed by atoms with Gasteiger partial charge in [-0.05, 0) is 36.6 Å². The number of rotatable bonds is 4. The van der Waals surface area contributed by atoms with Crippen molar-refractivity contribution in [3.8, 4) is 0 Å². The molecule has 0 fully saturated rings. The molecule has 0 aliphatic carbocycles. The van der Waals surface area contributed by atoms with Crippen LogP contribution in [0.25, 0.3) is 0 Å². The monoisotopic (exact) mass is 286 g/mol. The second kappa shape index (κ2) is 6.03. The molecule has 0 radical (unpaired) electrons. The second-order valence-electron chi connectivity index (χ2n) is 4.64. The van der Waals surface area contributed by atoms with E-state index in [2.05, 4.69) is 5.32 Å². The number of amides is 1. The van der Waals surface area contributed by atoms with E-state index in [-0.39, 0.29) is 10.8 Å². The number of hydrogen-bond donors (Lipinski definition) is 2. The summed E-state index contributed by atoms with van der Waals surface area (Å²) in [6.45, 7) is 5.85. The normalized spacial score (nSPS) is 11.4. The molecule has 0 heterocycles. The van der Waals surface area contributed by atoms with E-state index in [0.717, 1.165) is 0 Å². The smallest absolute Gasteiger partial charge is 0.411 e. The third-order valence-corrected chi connectivity index (χ3v) is 3.22. The Balaban J connectivity index is 2.78. The van der Waals surface area contributed by atoms with E-state index in [1.807, 2.05) is 13.8 Å². The molecule has 0 aromatic heterocycles. The van der Waals surface area contributed by atoms with Crippen LogP contribution in [-0.4, -0.2) is 21.1 Å². The summed E-state index contributed by atoms with van der Waals surface area (Å²) in [4.78, 5) is 11.5. The van der Waals surface area contributed by atoms with E-state index in [0.29, 0.717) is 17.9 Å². The number of primary sulfonamides is 1. The summed E-state index contributed by atoms with van der Waals surface area (Å²) in [5.41, 5.74) is 1.08. The molecular weight excluding hydrogens is 268 g/mol. The van der Waals surface area contributed by atoms with Crippen LogP contribution in [-0.2, 0) is 14.8 Å². The van der Waals surface area contributed by atoms with Crippen LogP contribution in [0.3, 0.4) is 0 Å². The summed E-state index contributed by atoms with van der Waals surface area (Å²) in [5, 5.41) is 7.57. The van der Waals surface area contributed by atoms with Crippen LogP contribution in [0, 0.1) is 12.8 Å². The lowest BCUT2D eigenvalue weighted by Crippen LogP contribution is -2.17. The number of hydrogen-bond acceptors (Lipinski definition) is 4. The number of sulfonamides is 1. The molecule has 7 heteroatoms. The first kappa shape index (κ1) is 15.5. The van der Waals surface area contributed by atoms with Crippen molar-refractivity contribution >= 4 is 21.8 Å². The Bertz CT molecular complexity index is 567. The summed E-state index contributed by atoms with van der Waals surface area (Å²) < 4.78 is 27.3. The molecule has 0 aliphatic heterocycles. The van der Waals surface area contributed by atoms with Gasteiger partial charge in [-0.2, -0.15) is 0 Å². The van der Waals surface area contributed by atoms with Crippen molar-refractivity contribution in [2.45, 2.75) is 25.7 Å². The lowest BCUT2D eigenvalue weighted by atomic mass is 10.2. The molecule has 0 aliphatic rings. The van der Waals surface area contributed by atoms with Crippen LogP contribution >= 0.6 is 0 Å². The highest BCUT2D eigenvalue weighted by Crippen LogP contribution is 2.19. The molecule has 0 spiro atoms. The van der Waals surface area contributed by atoms with E-state index in [1.54, 1.807) is 6.92 Å². The fraction of sp³-hybridized carbons (Fsp3) is 0.417. The van der Waals surface area contributed by atoms with E-state index in [1.165, 1.54) is 18.2 Å². The maximum Gasteiger partial charge on any atom is 0.411 e. The second-order valence-corrected chi connectivity index (χ2v) is 6.20. The van der Waals surface area contributed by atoms with Crippen LogP contribution in [0.2, 0.25) is 0 Å². The zero-order valence-electron chi connectivity index (χ0n) is 11.1. The predicted molar refractivity (Wildman–Crippen MR) is 72.4 cm³/mol. The van der Waals surface area contributed by atoms with Gasteiger partial charge in [-0.1, -0.05) is 13.8 Å². The fourth-order valence-corrected chi connectivity index (χ4v) is 1.94. The van der Waals surface area contributed by atoms with Gasteiger partial charge in [0.05, 0.1) is 11.5 Å². The fourth-order valence-electron chi connectivity index (χ4n) is 1.34. The summed E-state index contributed by atoms with van der Waals surface area (Å²) >= 11 is 0. The molecule has 0 bridgehead atoms. The number of nitrogens with one attached hydrogen (secondary N) is 1. The molecule has 1 rings (SSSR count). The minimum absolute atomic E-state index is 0.00565. The average Bonchev–Trinajstić information content (AvgIpc) is 2.27. The molecule has 0 saturated heterocycles. The first-order valence-corrected chi connectivity index (χ1v) is 7.32. The quantitative estimate of drug-likeness (QED) is 0.882. The standard InChI is InChI=1S/C12H18N2O4S/c1-8(2)7-18-12(15)14-11-5-4-10(6-9(11)3)19(13,16)17/h4-6,8H,7H2,1-3H3,(H,14,15)(H2,13,16,17). The maximum absolute atomic E-state index is 11.5. The lowest BCUT2D eigenvalue weighted by molar-refractivity contribution is 0.147. The van der Waals surface area contributed by atoms with E-state index >= 15 is 0 Å². The van der Waals surface area contributed by atoms with Crippen molar-refractivity contribution in [2.75, 3.05) is 11.9 Å². The summed E-state index contributed by atoms with van der Waals surface area (Å²) in [6.07, 6.45) is -0.569. The number of ether oxygens (including phenoxy) is 1. The molecule has 1 aromatic carbocycles. The number of aryl methyl sites for hydroxylation is 1. The highest BCUT2D eigenvalue weighted by atomic mass is 32.2. The van der Waals surface area contributed by atoms with Crippen LogP contribution in [0.5, 0.6) is 0 Å². The van der Waals surface area contributed by atoms with Gasteiger partial charge in [0.25, 0.3) is 0 Å². The Kier molecular flexibility index (Phi) is 4.90. The van der Waals surface area contributed by atoms with Crippen LogP contribution in [0.1, 0.15) is 19.4 Å². The van der Waals surface area contributed by atoms with Gasteiger partial charge in [-0.15, -0.1) is 0 Å². The minimum atomic E-state index is -3.74. The van der Waals surface area contributed by atoms with Gasteiger partial charge < -0.3 is 4.74 Å². The molecule has 0 atom stereocenters. The summed E-state index contributed by atoms with van der Waals surface area (Å²) in [7, 11) is -3.74. The number of carbonyl (C=O) groups excluding carboxylic acids is 1. The molecule has 106 valence electrons. The number of anilines is 1. The lowest BCUT2D eigenvalue weighted by Gasteiger charge is -2.11. The van der Waals surface area contributed by atoms with Gasteiger partial charge in [0.15, 0.2) is 0 Å². The van der Waals surface area contributed by atoms with Crippen molar-refractivity contribution in [3.63, 3.8) is 0 Å². The van der Waals surface area contributed by atoms with Crippen molar-refractivity contribution in [3.05, 3.63) is 23.8 Å². The van der Waals surface area contributed by atoms with Crippen LogP contribution in [0.15, 0.2) is 23.1 Å². The molecular formula is C12H18N2O4S. The van der Waals surface area contributed by atoms with Crippen molar-refractivity contribution in [2.24, 2.45) is 11.1 Å². The highest BCUT2D eigenvalue weighted by molar-refractivity contribution is 7.89. The zero-order chi connectivity index (χ0) is 14.6. The minimum Gasteiger partial charge on any atom is -0.449 e. The Morgan fingerprint density at radius 3 is 2.53 bits per heavy atom. The first-order valence-electron chi connectivity index (χ1n) is 5.77. The average molecular weight is 286 g/mol. The first-order chi connectivity index (χ1) is 8.70. The third-order valence-electron chi connectivity index (χ3n) is 2.31. The Morgan fingerprint density at radius 2 is 2.05 bits per heavy atom. The largest absolute Gasteiger partial charge is 0.449 e. The molecule has 19 heavy (non-hydrogen) atoms. The molecule has 6 nitrogen and oxygen atoms in total. The Hall–Kier alpha value is -1.60. The van der Waals surface area contributed by atoms with Crippen molar-refractivity contribution in [1.29, 1.82) is 0 Å². The third kappa shape index (κ3) is 4.88. The van der Waals surface area contributed by atoms with E-state index in [4.69, 9.17) is 9.88 Å². The van der Waals surface area contributed by atoms with E-state index < -0.39 is 16.1 Å². The van der Waals surface area contributed by atoms with Crippen LogP contribution in [0.4, 0.5) is 10.5 Å². The van der Waals surface area contributed by atoms with Gasteiger partial charge in [-0.3, -0.25) is 5.32 Å².